The fraction of sp³-hybridized carbons (Fsp3) is 0.417. The predicted octanol–water partition coefficient (Wildman–Crippen LogP) is 5.12. The molecule has 0 aliphatic heterocycles. The Bertz CT molecular complexity index is 1000. The van der Waals surface area contributed by atoms with Gasteiger partial charge in [-0.2, -0.15) is 0 Å². The first-order valence-corrected chi connectivity index (χ1v) is 11.7. The van der Waals surface area contributed by atoms with Gasteiger partial charge in [-0.15, -0.1) is 0 Å². The maximum absolute atomic E-state index is 12.8. The van der Waals surface area contributed by atoms with E-state index in [1.807, 2.05) is 20.8 Å². The van der Waals surface area contributed by atoms with Crippen molar-refractivity contribution in [2.24, 2.45) is 5.92 Å². The molecule has 33 heavy (non-hydrogen) atoms. The number of carbonyl (C=O) groups is 3. The molecule has 0 bridgehead atoms. The minimum atomic E-state index is -0.560. The number of benzene rings is 1. The minimum Gasteiger partial charge on any atom is -0.444 e. The van der Waals surface area contributed by atoms with E-state index < -0.39 is 11.7 Å². The van der Waals surface area contributed by atoms with Gasteiger partial charge in [0.1, 0.15) is 15.9 Å². The summed E-state index contributed by atoms with van der Waals surface area (Å²) in [6, 6.07) is 11.9. The van der Waals surface area contributed by atoms with Gasteiger partial charge in [-0.1, -0.05) is 12.5 Å². The van der Waals surface area contributed by atoms with Crippen LogP contribution in [0.25, 0.3) is 0 Å². The monoisotopic (exact) mass is 516 g/mol. The zero-order chi connectivity index (χ0) is 24.0. The van der Waals surface area contributed by atoms with Crippen LogP contribution in [0.4, 0.5) is 16.2 Å². The van der Waals surface area contributed by atoms with Crippen LogP contribution in [0.1, 0.15) is 56.9 Å². The number of pyridine rings is 1. The predicted molar refractivity (Wildman–Crippen MR) is 130 cm³/mol. The molecule has 8 nitrogen and oxygen atoms in total. The third-order valence-corrected chi connectivity index (χ3v) is 5.57. The van der Waals surface area contributed by atoms with Crippen LogP contribution >= 0.6 is 15.9 Å². The Morgan fingerprint density at radius 2 is 1.67 bits per heavy atom. The molecule has 2 aromatic rings. The van der Waals surface area contributed by atoms with Crippen LogP contribution in [0.2, 0.25) is 0 Å². The normalized spacial score (nSPS) is 18.2. The van der Waals surface area contributed by atoms with E-state index in [1.54, 1.807) is 42.5 Å². The van der Waals surface area contributed by atoms with Crippen LogP contribution in [-0.4, -0.2) is 34.5 Å². The molecule has 0 saturated heterocycles. The molecule has 3 rings (SSSR count). The zero-order valence-electron chi connectivity index (χ0n) is 19.0. The van der Waals surface area contributed by atoms with Crippen LogP contribution in [-0.2, 0) is 9.53 Å². The number of anilines is 2. The number of amides is 3. The third kappa shape index (κ3) is 7.85. The average molecular weight is 517 g/mol. The second-order valence-corrected chi connectivity index (χ2v) is 9.89. The summed E-state index contributed by atoms with van der Waals surface area (Å²) in [6.07, 6.45) is 2.56. The highest BCUT2D eigenvalue weighted by molar-refractivity contribution is 9.10. The molecule has 0 unspecified atom stereocenters. The molecule has 1 aromatic heterocycles. The lowest BCUT2D eigenvalue weighted by atomic mass is 9.85. The van der Waals surface area contributed by atoms with Gasteiger partial charge in [0.25, 0.3) is 5.91 Å². The van der Waals surface area contributed by atoms with Crippen molar-refractivity contribution in [1.29, 1.82) is 0 Å². The van der Waals surface area contributed by atoms with Crippen molar-refractivity contribution < 1.29 is 19.1 Å². The number of carbonyl (C=O) groups excluding carboxylic acids is 3. The Labute approximate surface area is 202 Å². The van der Waals surface area contributed by atoms with Crippen LogP contribution in [0.5, 0.6) is 0 Å². The topological polar surface area (TPSA) is 109 Å². The molecule has 1 aliphatic rings. The van der Waals surface area contributed by atoms with E-state index in [1.165, 1.54) is 0 Å². The van der Waals surface area contributed by atoms with Gasteiger partial charge in [0.2, 0.25) is 5.91 Å². The molecule has 0 radical (unpaired) electrons. The number of ether oxygens (including phenoxy) is 1. The van der Waals surface area contributed by atoms with Gasteiger partial charge >= 0.3 is 6.09 Å². The Morgan fingerprint density at radius 3 is 2.30 bits per heavy atom. The summed E-state index contributed by atoms with van der Waals surface area (Å²) in [5, 5.41) is 8.59. The lowest BCUT2D eigenvalue weighted by molar-refractivity contribution is -0.121. The fourth-order valence-electron chi connectivity index (χ4n) is 3.64. The maximum atomic E-state index is 12.8. The second kappa shape index (κ2) is 10.8. The van der Waals surface area contributed by atoms with Gasteiger partial charge < -0.3 is 20.7 Å². The summed E-state index contributed by atoms with van der Waals surface area (Å²) < 4.78 is 5.90. The number of rotatable bonds is 5. The van der Waals surface area contributed by atoms with E-state index in [0.29, 0.717) is 28.1 Å². The highest BCUT2D eigenvalue weighted by atomic mass is 79.9. The van der Waals surface area contributed by atoms with E-state index in [9.17, 15) is 14.4 Å². The molecular weight excluding hydrogens is 488 g/mol. The van der Waals surface area contributed by atoms with Crippen molar-refractivity contribution >= 4 is 45.2 Å². The van der Waals surface area contributed by atoms with Gasteiger partial charge in [-0.05, 0) is 92.4 Å². The van der Waals surface area contributed by atoms with Crippen molar-refractivity contribution in [2.45, 2.75) is 58.1 Å². The molecule has 0 spiro atoms. The van der Waals surface area contributed by atoms with Crippen LogP contribution < -0.4 is 16.0 Å². The Kier molecular flexibility index (Phi) is 8.07. The first-order chi connectivity index (χ1) is 15.6. The van der Waals surface area contributed by atoms with Crippen LogP contribution in [0, 0.1) is 5.92 Å². The number of hydrogen-bond acceptors (Lipinski definition) is 5. The first-order valence-electron chi connectivity index (χ1n) is 10.9. The molecule has 1 aliphatic carbocycles. The van der Waals surface area contributed by atoms with E-state index in [2.05, 4.69) is 36.9 Å². The summed E-state index contributed by atoms with van der Waals surface area (Å²) in [4.78, 5) is 41.3. The van der Waals surface area contributed by atoms with E-state index in [4.69, 9.17) is 4.74 Å². The lowest BCUT2D eigenvalue weighted by Crippen LogP contribution is -2.43. The Morgan fingerprint density at radius 1 is 1.00 bits per heavy atom. The molecule has 3 amide bonds. The molecule has 1 saturated carbocycles. The SMILES string of the molecule is CC(C)(C)OC(=O)N[C@H]1CCC[C@@H](C(=O)Nc2ccc(NC(=O)c3cccc(Br)n3)cc2)C1. The van der Waals surface area contributed by atoms with Crippen molar-refractivity contribution in [3.63, 3.8) is 0 Å². The minimum absolute atomic E-state index is 0.0826. The quantitative estimate of drug-likeness (QED) is 0.477. The lowest BCUT2D eigenvalue weighted by Gasteiger charge is -2.30. The highest BCUT2D eigenvalue weighted by Crippen LogP contribution is 2.26. The van der Waals surface area contributed by atoms with Crippen molar-refractivity contribution in [1.82, 2.24) is 10.3 Å². The van der Waals surface area contributed by atoms with Crippen LogP contribution in [0.15, 0.2) is 47.1 Å². The molecule has 3 N–H and O–H groups in total. The molecule has 1 fully saturated rings. The van der Waals surface area contributed by atoms with Gasteiger partial charge in [-0.3, -0.25) is 9.59 Å². The largest absolute Gasteiger partial charge is 0.444 e. The summed E-state index contributed by atoms with van der Waals surface area (Å²) in [5.41, 5.74) is 0.976. The summed E-state index contributed by atoms with van der Waals surface area (Å²) in [6.45, 7) is 5.45. The second-order valence-electron chi connectivity index (χ2n) is 9.07. The van der Waals surface area contributed by atoms with E-state index >= 15 is 0 Å². The Balaban J connectivity index is 1.51. The van der Waals surface area contributed by atoms with Crippen LogP contribution in [0.3, 0.4) is 0 Å². The van der Waals surface area contributed by atoms with Gasteiger partial charge in [0.15, 0.2) is 0 Å². The van der Waals surface area contributed by atoms with Crippen molar-refractivity contribution in [3.8, 4) is 0 Å². The third-order valence-electron chi connectivity index (χ3n) is 5.12. The fourth-order valence-corrected chi connectivity index (χ4v) is 3.99. The van der Waals surface area contributed by atoms with Gasteiger partial charge in [0.05, 0.1) is 0 Å². The molecule has 1 aromatic carbocycles. The van der Waals surface area contributed by atoms with E-state index in [-0.39, 0.29) is 23.8 Å². The highest BCUT2D eigenvalue weighted by Gasteiger charge is 2.29. The molecular formula is C24H29BrN4O4. The smallest absolute Gasteiger partial charge is 0.407 e. The number of nitrogens with one attached hydrogen (secondary N) is 3. The molecule has 176 valence electrons. The van der Waals surface area contributed by atoms with E-state index in [0.717, 1.165) is 19.3 Å². The summed E-state index contributed by atoms with van der Waals surface area (Å²) >= 11 is 3.25. The molecule has 2 atom stereocenters. The van der Waals surface area contributed by atoms with Gasteiger partial charge in [0, 0.05) is 23.3 Å². The van der Waals surface area contributed by atoms with Crippen molar-refractivity contribution in [2.75, 3.05) is 10.6 Å². The summed E-state index contributed by atoms with van der Waals surface area (Å²) in [7, 11) is 0. The number of alkyl carbamates (subject to hydrolysis) is 1. The standard InChI is InChI=1S/C24H29BrN4O4/c1-24(2,3)33-23(32)28-18-7-4-6-15(14-18)21(30)26-16-10-12-17(13-11-16)27-22(31)19-8-5-9-20(25)29-19/h5,8-13,15,18H,4,6-7,14H2,1-3H3,(H,26,30)(H,27,31)(H,28,32)/t15-,18+/m1/s1. The first kappa shape index (κ1) is 24.7. The number of hydrogen-bond donors (Lipinski definition) is 3. The average Bonchev–Trinajstić information content (AvgIpc) is 2.74. The zero-order valence-corrected chi connectivity index (χ0v) is 20.6. The number of aromatic nitrogens is 1. The number of nitrogens with zero attached hydrogens (tertiary/aromatic N) is 1. The molecule has 9 heteroatoms. The van der Waals surface area contributed by atoms with Gasteiger partial charge in [-0.25, -0.2) is 9.78 Å². The van der Waals surface area contributed by atoms with Crippen molar-refractivity contribution in [3.05, 3.63) is 52.8 Å². The maximum Gasteiger partial charge on any atom is 0.407 e. The number of halogens is 1. The molecule has 1 heterocycles. The Hall–Kier alpha value is -2.94. The summed E-state index contributed by atoms with van der Waals surface area (Å²) in [5.74, 6) is -0.597.